The monoisotopic (exact) mass is 198 g/mol. The first-order valence-corrected chi connectivity index (χ1v) is 4.47. The van der Waals surface area contributed by atoms with E-state index in [-0.39, 0.29) is 18.1 Å². The Morgan fingerprint density at radius 1 is 1.29 bits per heavy atom. The zero-order chi connectivity index (χ0) is 10.6. The lowest BCUT2D eigenvalue weighted by Gasteiger charge is -2.15. The van der Waals surface area contributed by atoms with Crippen LogP contribution in [0.1, 0.15) is 12.8 Å². The molecule has 0 aromatic heterocycles. The van der Waals surface area contributed by atoms with Crippen LogP contribution in [0.15, 0.2) is 0 Å². The van der Waals surface area contributed by atoms with Gasteiger partial charge in [-0.3, -0.25) is 0 Å². The van der Waals surface area contributed by atoms with E-state index < -0.39 is 5.97 Å². The van der Waals surface area contributed by atoms with E-state index in [1.807, 2.05) is 0 Å². The van der Waals surface area contributed by atoms with Crippen LogP contribution in [0.2, 0.25) is 0 Å². The fraction of sp³-hybridized carbons (Fsp3) is 0.700. The molecule has 0 spiro atoms. The van der Waals surface area contributed by atoms with Crippen molar-refractivity contribution in [2.24, 2.45) is 5.92 Å². The van der Waals surface area contributed by atoms with Gasteiger partial charge in [0.05, 0.1) is 12.2 Å². The summed E-state index contributed by atoms with van der Waals surface area (Å²) in [7, 11) is 3.26. The van der Waals surface area contributed by atoms with Gasteiger partial charge in [-0.2, -0.15) is 0 Å². The van der Waals surface area contributed by atoms with Gasteiger partial charge in [0.2, 0.25) is 0 Å². The van der Waals surface area contributed by atoms with Crippen LogP contribution in [0.5, 0.6) is 0 Å². The van der Waals surface area contributed by atoms with E-state index in [9.17, 15) is 4.79 Å². The van der Waals surface area contributed by atoms with Gasteiger partial charge in [0.25, 0.3) is 0 Å². The summed E-state index contributed by atoms with van der Waals surface area (Å²) < 4.78 is 10.4. The van der Waals surface area contributed by atoms with Gasteiger partial charge in [0.1, 0.15) is 0 Å². The summed E-state index contributed by atoms with van der Waals surface area (Å²) in [6.07, 6.45) is 1.56. The Balaban J connectivity index is 2.54. The molecule has 1 aliphatic carbocycles. The number of ether oxygens (including phenoxy) is 2. The Labute approximate surface area is 83.2 Å². The molecule has 14 heavy (non-hydrogen) atoms. The molecular formula is C10H14O4. The molecule has 0 aromatic rings. The standard InChI is InChI=1S/C10H14O4/c1-13-8-5-7(3-4-10(11)12)6-9(8)14-2/h7-9H,5-6H2,1-2H3,(H,11,12)/t7?,8-,9+. The number of carboxylic acids is 1. The highest BCUT2D eigenvalue weighted by molar-refractivity contribution is 5.86. The van der Waals surface area contributed by atoms with Gasteiger partial charge in [0, 0.05) is 26.1 Å². The molecule has 3 atom stereocenters. The van der Waals surface area contributed by atoms with Gasteiger partial charge in [-0.05, 0) is 12.8 Å². The first-order valence-electron chi connectivity index (χ1n) is 4.47. The number of hydrogen-bond donors (Lipinski definition) is 1. The molecule has 0 aromatic carbocycles. The van der Waals surface area contributed by atoms with Crippen LogP contribution >= 0.6 is 0 Å². The molecule has 1 saturated carbocycles. The summed E-state index contributed by atoms with van der Waals surface area (Å²) in [5.74, 6) is 3.82. The van der Waals surface area contributed by atoms with Gasteiger partial charge in [0.15, 0.2) is 0 Å². The quantitative estimate of drug-likeness (QED) is 0.657. The van der Waals surface area contributed by atoms with Crippen molar-refractivity contribution in [3.05, 3.63) is 0 Å². The highest BCUT2D eigenvalue weighted by atomic mass is 16.5. The summed E-state index contributed by atoms with van der Waals surface area (Å²) in [6, 6.07) is 0. The maximum absolute atomic E-state index is 10.2. The van der Waals surface area contributed by atoms with Crippen molar-refractivity contribution in [1.29, 1.82) is 0 Å². The fourth-order valence-electron chi connectivity index (χ4n) is 1.74. The van der Waals surface area contributed by atoms with Crippen LogP contribution in [0.4, 0.5) is 0 Å². The van der Waals surface area contributed by atoms with E-state index in [1.54, 1.807) is 14.2 Å². The highest BCUT2D eigenvalue weighted by Crippen LogP contribution is 2.29. The SMILES string of the molecule is CO[C@H]1CC(C#CC(=O)O)C[C@H]1OC. The van der Waals surface area contributed by atoms with Crippen molar-refractivity contribution in [3.8, 4) is 11.8 Å². The average Bonchev–Trinajstić information content (AvgIpc) is 2.57. The zero-order valence-electron chi connectivity index (χ0n) is 8.32. The molecule has 0 heterocycles. The van der Waals surface area contributed by atoms with E-state index >= 15 is 0 Å². The van der Waals surface area contributed by atoms with E-state index in [0.717, 1.165) is 12.8 Å². The molecule has 1 rings (SSSR count). The lowest BCUT2D eigenvalue weighted by Crippen LogP contribution is -2.23. The Morgan fingerprint density at radius 3 is 2.14 bits per heavy atom. The summed E-state index contributed by atoms with van der Waals surface area (Å²) in [5.41, 5.74) is 0. The Morgan fingerprint density at radius 2 is 1.79 bits per heavy atom. The van der Waals surface area contributed by atoms with Crippen molar-refractivity contribution in [2.75, 3.05) is 14.2 Å². The second-order valence-electron chi connectivity index (χ2n) is 3.29. The third kappa shape index (κ3) is 2.72. The third-order valence-electron chi connectivity index (χ3n) is 2.44. The van der Waals surface area contributed by atoms with Gasteiger partial charge in [-0.1, -0.05) is 5.92 Å². The van der Waals surface area contributed by atoms with Crippen molar-refractivity contribution >= 4 is 5.97 Å². The van der Waals surface area contributed by atoms with E-state index in [4.69, 9.17) is 14.6 Å². The number of methoxy groups -OCH3 is 2. The molecule has 1 aliphatic rings. The number of carbonyl (C=O) groups is 1. The molecule has 4 nitrogen and oxygen atoms in total. The lowest BCUT2D eigenvalue weighted by atomic mass is 10.1. The molecule has 1 N–H and O–H groups in total. The molecule has 4 heteroatoms. The molecule has 1 fully saturated rings. The Kier molecular flexibility index (Phi) is 3.93. The van der Waals surface area contributed by atoms with Crippen molar-refractivity contribution in [3.63, 3.8) is 0 Å². The van der Waals surface area contributed by atoms with Gasteiger partial charge in [-0.15, -0.1) is 0 Å². The predicted octanol–water partition coefficient (Wildman–Crippen LogP) is 0.514. The van der Waals surface area contributed by atoms with E-state index in [1.165, 1.54) is 0 Å². The minimum absolute atomic E-state index is 0.0353. The molecule has 1 unspecified atom stereocenters. The summed E-state index contributed by atoms with van der Waals surface area (Å²) in [6.45, 7) is 0. The third-order valence-corrected chi connectivity index (χ3v) is 2.44. The van der Waals surface area contributed by atoms with Crippen molar-refractivity contribution in [1.82, 2.24) is 0 Å². The predicted molar refractivity (Wildman–Crippen MR) is 49.7 cm³/mol. The van der Waals surface area contributed by atoms with E-state index in [2.05, 4.69) is 11.8 Å². The lowest BCUT2D eigenvalue weighted by molar-refractivity contribution is -0.130. The van der Waals surface area contributed by atoms with Crippen molar-refractivity contribution < 1.29 is 19.4 Å². The van der Waals surface area contributed by atoms with Gasteiger partial charge in [-0.25, -0.2) is 4.79 Å². The molecule has 0 saturated heterocycles. The van der Waals surface area contributed by atoms with Crippen LogP contribution in [0.25, 0.3) is 0 Å². The maximum atomic E-state index is 10.2. The zero-order valence-corrected chi connectivity index (χ0v) is 8.32. The minimum atomic E-state index is -1.08. The van der Waals surface area contributed by atoms with Crippen LogP contribution in [0, 0.1) is 17.8 Å². The van der Waals surface area contributed by atoms with Crippen LogP contribution in [-0.4, -0.2) is 37.5 Å². The smallest absolute Gasteiger partial charge is 0.381 e. The summed E-state index contributed by atoms with van der Waals surface area (Å²) >= 11 is 0. The first kappa shape index (κ1) is 11.0. The van der Waals surface area contributed by atoms with Crippen molar-refractivity contribution in [2.45, 2.75) is 25.0 Å². The maximum Gasteiger partial charge on any atom is 0.381 e. The van der Waals surface area contributed by atoms with Gasteiger partial charge < -0.3 is 14.6 Å². The molecule has 78 valence electrons. The van der Waals surface area contributed by atoms with Crippen LogP contribution in [-0.2, 0) is 14.3 Å². The number of hydrogen-bond acceptors (Lipinski definition) is 3. The second-order valence-corrected chi connectivity index (χ2v) is 3.29. The molecule has 0 amide bonds. The Hall–Kier alpha value is -1.05. The van der Waals surface area contributed by atoms with Crippen LogP contribution in [0.3, 0.4) is 0 Å². The van der Waals surface area contributed by atoms with Crippen LogP contribution < -0.4 is 0 Å². The number of rotatable bonds is 2. The first-order chi connectivity index (χ1) is 6.67. The molecule has 0 radical (unpaired) electrons. The molecule has 0 aliphatic heterocycles. The fourth-order valence-corrected chi connectivity index (χ4v) is 1.74. The largest absolute Gasteiger partial charge is 0.472 e. The minimum Gasteiger partial charge on any atom is -0.472 e. The normalized spacial score (nSPS) is 30.9. The molecular weight excluding hydrogens is 184 g/mol. The number of aliphatic carboxylic acids is 1. The topological polar surface area (TPSA) is 55.8 Å². The number of carboxylic acid groups (broad SMARTS) is 1. The summed E-state index contributed by atoms with van der Waals surface area (Å²) in [4.78, 5) is 10.2. The molecule has 0 bridgehead atoms. The Bertz CT molecular complexity index is 251. The summed E-state index contributed by atoms with van der Waals surface area (Å²) in [5, 5.41) is 8.38. The van der Waals surface area contributed by atoms with Gasteiger partial charge >= 0.3 is 5.97 Å². The average molecular weight is 198 g/mol. The second kappa shape index (κ2) is 4.99. The van der Waals surface area contributed by atoms with E-state index in [0.29, 0.717) is 0 Å². The highest BCUT2D eigenvalue weighted by Gasteiger charge is 2.33.